The third-order valence-electron chi connectivity index (χ3n) is 5.66. The van der Waals surface area contributed by atoms with Crippen LogP contribution in [0.1, 0.15) is 55.3 Å². The molecule has 0 saturated carbocycles. The maximum atomic E-state index is 13.5. The minimum absolute atomic E-state index is 0.00494. The molecule has 4 amide bonds. The van der Waals surface area contributed by atoms with E-state index in [1.165, 1.54) is 21.1 Å². The molecule has 0 radical (unpaired) electrons. The molecule has 5 N–H and O–H groups in total. The molecule has 0 saturated heterocycles. The molecule has 0 aliphatic rings. The van der Waals surface area contributed by atoms with Gasteiger partial charge in [0.05, 0.1) is 68.1 Å². The van der Waals surface area contributed by atoms with E-state index in [-0.39, 0.29) is 51.8 Å². The first-order valence-electron chi connectivity index (χ1n) is 12.4. The molecule has 0 spiro atoms. The topological polar surface area (TPSA) is 202 Å². The Hall–Kier alpha value is -0.890. The molecule has 20 heteroatoms. The van der Waals surface area contributed by atoms with Crippen LogP contribution in [0.3, 0.4) is 0 Å². The van der Waals surface area contributed by atoms with Gasteiger partial charge in [-0.1, -0.05) is 0 Å². The number of amides is 4. The number of aliphatic imine (C=N–C) groups is 1. The van der Waals surface area contributed by atoms with E-state index in [4.69, 9.17) is 9.47 Å². The van der Waals surface area contributed by atoms with Gasteiger partial charge in [0.2, 0.25) is 5.91 Å². The Morgan fingerprint density at radius 1 is 0.739 bits per heavy atom. The molecule has 0 aliphatic heterocycles. The number of nitrogens with one attached hydrogen (secondary N) is 4. The van der Waals surface area contributed by atoms with Gasteiger partial charge in [0.15, 0.2) is 5.90 Å². The number of benzene rings is 2. The number of carbonyl (C=O) groups is 6. The lowest BCUT2D eigenvalue weighted by atomic mass is 10.1. The Morgan fingerprint density at radius 2 is 1.24 bits per heavy atom. The van der Waals surface area contributed by atoms with Gasteiger partial charge in [-0.25, -0.2) is 9.79 Å². The molecule has 2 rings (SSSR count). The van der Waals surface area contributed by atoms with E-state index in [0.29, 0.717) is 22.3 Å². The van der Waals surface area contributed by atoms with E-state index in [1.807, 2.05) is 90.4 Å². The molecule has 2 aromatic carbocycles. The fraction of sp³-hybridized carbons (Fsp3) is 0.269. The van der Waals surface area contributed by atoms with Gasteiger partial charge >= 0.3 is 11.9 Å². The molecule has 0 unspecified atom stereocenters. The highest BCUT2D eigenvalue weighted by molar-refractivity contribution is 14.1. The van der Waals surface area contributed by atoms with E-state index in [2.05, 4.69) is 26.3 Å². The summed E-state index contributed by atoms with van der Waals surface area (Å²) in [4.78, 5) is 80.0. The Morgan fingerprint density at radius 3 is 1.76 bits per heavy atom. The van der Waals surface area contributed by atoms with Crippen LogP contribution < -0.4 is 21.3 Å². The van der Waals surface area contributed by atoms with Gasteiger partial charge in [0.1, 0.15) is 6.61 Å². The quantitative estimate of drug-likeness (QED) is 0.0694. The molecule has 0 atom stereocenters. The number of rotatable bonds is 11. The summed E-state index contributed by atoms with van der Waals surface area (Å²) >= 11 is 11.2. The molecule has 248 valence electrons. The highest BCUT2D eigenvalue weighted by Crippen LogP contribution is 2.38. The van der Waals surface area contributed by atoms with E-state index in [1.54, 1.807) is 52.1 Å². The van der Waals surface area contributed by atoms with Crippen molar-refractivity contribution in [2.24, 2.45) is 4.99 Å². The number of halogens is 6. The largest absolute Gasteiger partial charge is 0.484 e. The zero-order valence-electron chi connectivity index (χ0n) is 24.0. The lowest BCUT2D eigenvalue weighted by Gasteiger charge is -2.19. The van der Waals surface area contributed by atoms with Crippen LogP contribution >= 0.6 is 136 Å². The normalized spacial score (nSPS) is 11.0. The van der Waals surface area contributed by atoms with Crippen molar-refractivity contribution in [1.82, 2.24) is 16.0 Å². The van der Waals surface area contributed by atoms with Crippen molar-refractivity contribution in [2.75, 3.05) is 39.2 Å². The molecule has 46 heavy (non-hydrogen) atoms. The Kier molecular flexibility index (Phi) is 16.8. The predicted octanol–water partition coefficient (Wildman–Crippen LogP) is 4.73. The number of methoxy groups -OCH3 is 1. The Labute approximate surface area is 344 Å². The molecule has 14 nitrogen and oxygen atoms in total. The van der Waals surface area contributed by atoms with Crippen LogP contribution in [0.25, 0.3) is 0 Å². The fourth-order valence-corrected chi connectivity index (χ4v) is 12.3. The number of anilines is 1. The summed E-state index contributed by atoms with van der Waals surface area (Å²) in [5.41, 5.74) is 0.562. The SMILES string of the molecule is CNC(=O)c1c(I)c(N=C(C)OC)c(I)c(C(=O)NCC(=O)Nc2c(I)c(C(=O)O)c(I)c(C(=O)NCCOC(C)=O)c2I)c1I. The highest BCUT2D eigenvalue weighted by Gasteiger charge is 2.30. The van der Waals surface area contributed by atoms with Gasteiger partial charge in [-0.05, 0) is 136 Å². The minimum atomic E-state index is -1.32. The second-order valence-corrected chi connectivity index (χ2v) is 15.1. The van der Waals surface area contributed by atoms with Crippen LogP contribution in [0.2, 0.25) is 0 Å². The number of aromatic carboxylic acids is 1. The average Bonchev–Trinajstić information content (AvgIpc) is 2.97. The van der Waals surface area contributed by atoms with E-state index >= 15 is 0 Å². The molecule has 2 aromatic rings. The first-order valence-corrected chi connectivity index (χ1v) is 18.9. The smallest absolute Gasteiger partial charge is 0.337 e. The molecular formula is C26H23I6N5O9. The number of hydrogen-bond donors (Lipinski definition) is 5. The van der Waals surface area contributed by atoms with Crippen molar-refractivity contribution in [2.45, 2.75) is 13.8 Å². The van der Waals surface area contributed by atoms with Crippen LogP contribution in [0.5, 0.6) is 0 Å². The first-order chi connectivity index (χ1) is 21.5. The van der Waals surface area contributed by atoms with Crippen LogP contribution in [-0.4, -0.2) is 80.4 Å². The van der Waals surface area contributed by atoms with Gasteiger partial charge in [-0.2, -0.15) is 0 Å². The summed E-state index contributed by atoms with van der Waals surface area (Å²) in [7, 11) is 2.90. The van der Waals surface area contributed by atoms with Crippen LogP contribution in [-0.2, 0) is 19.1 Å². The zero-order chi connectivity index (χ0) is 35.0. The van der Waals surface area contributed by atoms with Crippen molar-refractivity contribution in [1.29, 1.82) is 0 Å². The fourth-order valence-electron chi connectivity index (χ4n) is 3.52. The number of carboxylic acids is 1. The predicted molar refractivity (Wildman–Crippen MR) is 219 cm³/mol. The third-order valence-corrected chi connectivity index (χ3v) is 12.1. The minimum Gasteiger partial charge on any atom is -0.484 e. The van der Waals surface area contributed by atoms with E-state index in [0.717, 1.165) is 0 Å². The number of hydrogen-bond acceptors (Lipinski definition) is 9. The maximum absolute atomic E-state index is 13.5. The summed E-state index contributed by atoms with van der Waals surface area (Å²) in [6, 6.07) is 0. The summed E-state index contributed by atoms with van der Waals surface area (Å²) in [6.45, 7) is 2.20. The van der Waals surface area contributed by atoms with E-state index in [9.17, 15) is 33.9 Å². The molecule has 0 heterocycles. The van der Waals surface area contributed by atoms with Crippen molar-refractivity contribution in [3.63, 3.8) is 0 Å². The maximum Gasteiger partial charge on any atom is 0.337 e. The molecule has 0 fully saturated rings. The second-order valence-electron chi connectivity index (χ2n) is 8.65. The second kappa shape index (κ2) is 18.8. The molecule has 0 aliphatic carbocycles. The van der Waals surface area contributed by atoms with Gasteiger partial charge in [0.25, 0.3) is 17.7 Å². The number of ether oxygens (including phenoxy) is 2. The van der Waals surface area contributed by atoms with Crippen molar-refractivity contribution in [3.8, 4) is 0 Å². The van der Waals surface area contributed by atoms with Gasteiger partial charge in [-0.3, -0.25) is 24.0 Å². The summed E-state index contributed by atoms with van der Waals surface area (Å²) in [6.07, 6.45) is 0. The highest BCUT2D eigenvalue weighted by atomic mass is 127. The lowest BCUT2D eigenvalue weighted by Crippen LogP contribution is -2.35. The summed E-state index contributed by atoms with van der Waals surface area (Å²) < 4.78 is 11.8. The number of carboxylic acid groups (broad SMARTS) is 1. The van der Waals surface area contributed by atoms with Crippen LogP contribution in [0.4, 0.5) is 11.4 Å². The summed E-state index contributed by atoms with van der Waals surface area (Å²) in [5, 5.41) is 20.2. The Balaban J connectivity index is 2.45. The summed E-state index contributed by atoms with van der Waals surface area (Å²) in [5.74, 6) is -3.99. The van der Waals surface area contributed by atoms with Crippen molar-refractivity contribution >= 4 is 188 Å². The third kappa shape index (κ3) is 10.1. The van der Waals surface area contributed by atoms with Gasteiger partial charge in [0, 0.05) is 28.0 Å². The Bertz CT molecular complexity index is 1670. The van der Waals surface area contributed by atoms with Crippen LogP contribution in [0.15, 0.2) is 4.99 Å². The number of nitrogens with zero attached hydrogens (tertiary/aromatic N) is 1. The molecule has 0 bridgehead atoms. The first kappa shape index (κ1) is 41.3. The number of esters is 1. The van der Waals surface area contributed by atoms with Gasteiger partial charge in [-0.15, -0.1) is 0 Å². The van der Waals surface area contributed by atoms with Crippen molar-refractivity contribution < 1.29 is 43.3 Å². The zero-order valence-corrected chi connectivity index (χ0v) is 37.0. The average molecular weight is 1310 g/mol. The molecule has 0 aromatic heterocycles. The number of carbonyl (C=O) groups excluding carboxylic acids is 5. The monoisotopic (exact) mass is 1310 g/mol. The standard InChI is InChI=1S/C26H23I6N5O9/c1-8(45-4)36-21-17(29)11(23(40)33-3)15(27)12(18(21)30)25(42)35-7-10(39)37-22-19(31)13(16(28)14(20(22)32)26(43)44)24(41)34-5-6-46-9(2)38/h5-7H2,1-4H3,(H,33,40)(H,34,41)(H,35,42)(H,37,39)(H,43,44). The van der Waals surface area contributed by atoms with Crippen LogP contribution in [0, 0.1) is 21.4 Å². The lowest BCUT2D eigenvalue weighted by molar-refractivity contribution is -0.140. The van der Waals surface area contributed by atoms with Crippen molar-refractivity contribution in [3.05, 3.63) is 43.7 Å². The van der Waals surface area contributed by atoms with Gasteiger partial charge < -0.3 is 35.8 Å². The molecular weight excluding hydrogens is 1290 g/mol. The van der Waals surface area contributed by atoms with E-state index < -0.39 is 42.1 Å².